The first kappa shape index (κ1) is 20.3. The summed E-state index contributed by atoms with van der Waals surface area (Å²) in [5.74, 6) is -1.20. The van der Waals surface area contributed by atoms with E-state index in [0.717, 1.165) is 0 Å². The van der Waals surface area contributed by atoms with Crippen molar-refractivity contribution in [3.63, 3.8) is 0 Å². The average Bonchev–Trinajstić information content (AvgIpc) is 2.67. The van der Waals surface area contributed by atoms with Gasteiger partial charge in [0.1, 0.15) is 0 Å². The maximum Gasteiger partial charge on any atom is 0.338 e. The van der Waals surface area contributed by atoms with E-state index in [9.17, 15) is 18.0 Å². The third kappa shape index (κ3) is 5.77. The number of nitrogens with one attached hydrogen (secondary N) is 2. The molecule has 0 fully saturated rings. The van der Waals surface area contributed by atoms with Crippen LogP contribution in [-0.2, 0) is 19.6 Å². The largest absolute Gasteiger partial charge is 0.449 e. The zero-order valence-corrected chi connectivity index (χ0v) is 15.5. The molecule has 2 aromatic carbocycles. The van der Waals surface area contributed by atoms with Crippen molar-refractivity contribution in [1.29, 1.82) is 0 Å². The SMILES string of the molecule is C=CCNS(=O)(=O)c1ccc(C(=O)O[C@H](C)C(=O)Nc2ccccc2)cc1. The number of ether oxygens (including phenoxy) is 1. The highest BCUT2D eigenvalue weighted by Crippen LogP contribution is 2.13. The van der Waals surface area contributed by atoms with Crippen LogP contribution in [0.3, 0.4) is 0 Å². The molecule has 8 heteroatoms. The first-order chi connectivity index (χ1) is 12.8. The highest BCUT2D eigenvalue weighted by Gasteiger charge is 2.20. The van der Waals surface area contributed by atoms with Crippen LogP contribution in [0.1, 0.15) is 17.3 Å². The minimum atomic E-state index is -3.67. The zero-order valence-electron chi connectivity index (χ0n) is 14.7. The number of benzene rings is 2. The molecule has 2 aromatic rings. The second-order valence-electron chi connectivity index (χ2n) is 5.57. The number of rotatable bonds is 8. The molecule has 0 unspecified atom stereocenters. The molecular formula is C19H20N2O5S. The fourth-order valence-corrected chi connectivity index (χ4v) is 3.07. The standard InChI is InChI=1S/C19H20N2O5S/c1-3-13-20-27(24,25)17-11-9-15(10-12-17)19(23)26-14(2)18(22)21-16-7-5-4-6-8-16/h3-12,14,20H,1,13H2,2H3,(H,21,22)/t14-/m1/s1. The lowest BCUT2D eigenvalue weighted by Gasteiger charge is -2.13. The maximum absolute atomic E-state index is 12.2. The number of esters is 1. The van der Waals surface area contributed by atoms with E-state index in [1.165, 1.54) is 37.3 Å². The van der Waals surface area contributed by atoms with Gasteiger partial charge in [0, 0.05) is 12.2 Å². The molecular weight excluding hydrogens is 368 g/mol. The van der Waals surface area contributed by atoms with Crippen molar-refractivity contribution in [2.24, 2.45) is 0 Å². The van der Waals surface area contributed by atoms with Crippen LogP contribution in [-0.4, -0.2) is 32.9 Å². The second-order valence-corrected chi connectivity index (χ2v) is 7.33. The predicted molar refractivity (Wildman–Crippen MR) is 102 cm³/mol. The summed E-state index contributed by atoms with van der Waals surface area (Å²) >= 11 is 0. The first-order valence-electron chi connectivity index (χ1n) is 8.11. The number of para-hydroxylation sites is 1. The Morgan fingerprint density at radius 2 is 1.74 bits per heavy atom. The van der Waals surface area contributed by atoms with Crippen LogP contribution in [0.2, 0.25) is 0 Å². The Balaban J connectivity index is 1.99. The van der Waals surface area contributed by atoms with E-state index in [0.29, 0.717) is 5.69 Å². The smallest absolute Gasteiger partial charge is 0.338 e. The minimum absolute atomic E-state index is 0.00997. The van der Waals surface area contributed by atoms with E-state index >= 15 is 0 Å². The number of anilines is 1. The fourth-order valence-electron chi connectivity index (χ4n) is 2.07. The normalized spacial score (nSPS) is 12.0. The van der Waals surface area contributed by atoms with Crippen LogP contribution < -0.4 is 10.0 Å². The Bertz CT molecular complexity index is 909. The Kier molecular flexibility index (Phi) is 6.86. The maximum atomic E-state index is 12.2. The topological polar surface area (TPSA) is 102 Å². The molecule has 0 saturated carbocycles. The molecule has 0 heterocycles. The van der Waals surface area contributed by atoms with E-state index in [4.69, 9.17) is 4.74 Å². The molecule has 0 saturated heterocycles. The van der Waals surface area contributed by atoms with Crippen molar-refractivity contribution in [3.8, 4) is 0 Å². The van der Waals surface area contributed by atoms with Gasteiger partial charge in [-0.05, 0) is 43.3 Å². The molecule has 1 atom stereocenters. The lowest BCUT2D eigenvalue weighted by Crippen LogP contribution is -2.30. The van der Waals surface area contributed by atoms with Gasteiger partial charge in [-0.1, -0.05) is 24.3 Å². The highest BCUT2D eigenvalue weighted by atomic mass is 32.2. The molecule has 0 radical (unpaired) electrons. The van der Waals surface area contributed by atoms with Crippen molar-refractivity contribution < 1.29 is 22.7 Å². The summed E-state index contributed by atoms with van der Waals surface area (Å²) in [5, 5.41) is 2.64. The van der Waals surface area contributed by atoms with E-state index in [-0.39, 0.29) is 17.0 Å². The van der Waals surface area contributed by atoms with Gasteiger partial charge in [-0.3, -0.25) is 4.79 Å². The van der Waals surface area contributed by atoms with Crippen LogP contribution in [0.5, 0.6) is 0 Å². The highest BCUT2D eigenvalue weighted by molar-refractivity contribution is 7.89. The van der Waals surface area contributed by atoms with Crippen LogP contribution in [0, 0.1) is 0 Å². The van der Waals surface area contributed by atoms with Crippen molar-refractivity contribution in [2.45, 2.75) is 17.9 Å². The van der Waals surface area contributed by atoms with Crippen molar-refractivity contribution in [2.75, 3.05) is 11.9 Å². The Hall–Kier alpha value is -2.97. The van der Waals surface area contributed by atoms with Crippen molar-refractivity contribution in [3.05, 3.63) is 72.8 Å². The molecule has 0 aliphatic carbocycles. The molecule has 2 rings (SSSR count). The number of amides is 1. The molecule has 142 valence electrons. The molecule has 0 aliphatic rings. The summed E-state index contributed by atoms with van der Waals surface area (Å²) in [5.41, 5.74) is 0.726. The average molecular weight is 388 g/mol. The van der Waals surface area contributed by atoms with Gasteiger partial charge in [-0.2, -0.15) is 0 Å². The number of carbonyl (C=O) groups is 2. The van der Waals surface area contributed by atoms with Gasteiger partial charge in [-0.25, -0.2) is 17.9 Å². The summed E-state index contributed by atoms with van der Waals surface area (Å²) in [6.07, 6.45) is 0.404. The molecule has 1 amide bonds. The Morgan fingerprint density at radius 3 is 2.33 bits per heavy atom. The van der Waals surface area contributed by atoms with E-state index in [1.807, 2.05) is 6.07 Å². The van der Waals surface area contributed by atoms with Crippen molar-refractivity contribution in [1.82, 2.24) is 4.72 Å². The first-order valence-corrected chi connectivity index (χ1v) is 9.59. The van der Waals surface area contributed by atoms with E-state index in [2.05, 4.69) is 16.6 Å². The monoisotopic (exact) mass is 388 g/mol. The van der Waals surface area contributed by atoms with Crippen molar-refractivity contribution >= 4 is 27.6 Å². The second kappa shape index (κ2) is 9.11. The number of sulfonamides is 1. The van der Waals surface area contributed by atoms with Gasteiger partial charge < -0.3 is 10.1 Å². The molecule has 7 nitrogen and oxygen atoms in total. The fraction of sp³-hybridized carbons (Fsp3) is 0.158. The third-order valence-electron chi connectivity index (χ3n) is 3.51. The summed E-state index contributed by atoms with van der Waals surface area (Å²) in [4.78, 5) is 24.3. The lowest BCUT2D eigenvalue weighted by molar-refractivity contribution is -0.123. The van der Waals surface area contributed by atoms with Gasteiger partial charge >= 0.3 is 5.97 Å². The molecule has 2 N–H and O–H groups in total. The molecule has 0 aliphatic heterocycles. The summed E-state index contributed by atoms with van der Waals surface area (Å²) in [6.45, 7) is 4.99. The summed E-state index contributed by atoms with van der Waals surface area (Å²) < 4.78 is 31.4. The Morgan fingerprint density at radius 1 is 1.11 bits per heavy atom. The Labute approximate surface area is 158 Å². The predicted octanol–water partition coefficient (Wildman–Crippen LogP) is 2.33. The molecule has 0 aromatic heterocycles. The number of hydrogen-bond acceptors (Lipinski definition) is 5. The lowest BCUT2D eigenvalue weighted by atomic mass is 10.2. The third-order valence-corrected chi connectivity index (χ3v) is 4.95. The van der Waals surface area contributed by atoms with Gasteiger partial charge in [0.25, 0.3) is 5.91 Å². The molecule has 27 heavy (non-hydrogen) atoms. The van der Waals surface area contributed by atoms with Crippen LogP contribution in [0.4, 0.5) is 5.69 Å². The van der Waals surface area contributed by atoms with Gasteiger partial charge in [-0.15, -0.1) is 6.58 Å². The van der Waals surface area contributed by atoms with Crippen LogP contribution in [0.25, 0.3) is 0 Å². The van der Waals surface area contributed by atoms with Crippen LogP contribution >= 0.6 is 0 Å². The zero-order chi connectivity index (χ0) is 19.9. The van der Waals surface area contributed by atoms with Gasteiger partial charge in [0.05, 0.1) is 10.5 Å². The minimum Gasteiger partial charge on any atom is -0.449 e. The number of carbonyl (C=O) groups excluding carboxylic acids is 2. The molecule has 0 spiro atoms. The summed E-state index contributed by atoms with van der Waals surface area (Å²) in [6, 6.07) is 14.0. The summed E-state index contributed by atoms with van der Waals surface area (Å²) in [7, 11) is -3.67. The van der Waals surface area contributed by atoms with Crippen LogP contribution in [0.15, 0.2) is 72.1 Å². The van der Waals surface area contributed by atoms with Gasteiger partial charge in [0.15, 0.2) is 6.10 Å². The number of hydrogen-bond donors (Lipinski definition) is 2. The van der Waals surface area contributed by atoms with Gasteiger partial charge in [0.2, 0.25) is 10.0 Å². The van der Waals surface area contributed by atoms with E-state index < -0.39 is 28.0 Å². The quantitative estimate of drug-likeness (QED) is 0.534. The molecule has 0 bridgehead atoms. The van der Waals surface area contributed by atoms with E-state index in [1.54, 1.807) is 24.3 Å².